The molecule has 3 nitrogen and oxygen atoms in total. The van der Waals surface area contributed by atoms with Crippen molar-refractivity contribution in [3.05, 3.63) is 53.1 Å². The second-order valence-corrected chi connectivity index (χ2v) is 4.66. The van der Waals surface area contributed by atoms with Gasteiger partial charge in [0.15, 0.2) is 11.5 Å². The summed E-state index contributed by atoms with van der Waals surface area (Å²) in [7, 11) is 1.54. The van der Waals surface area contributed by atoms with Crippen molar-refractivity contribution >= 4 is 5.69 Å². The molecule has 0 aliphatic carbocycles. The van der Waals surface area contributed by atoms with Crippen LogP contribution in [-0.2, 0) is 6.54 Å². The maximum absolute atomic E-state index is 9.72. The summed E-state index contributed by atoms with van der Waals surface area (Å²) in [4.78, 5) is 0. The Labute approximate surface area is 113 Å². The summed E-state index contributed by atoms with van der Waals surface area (Å²) in [5.74, 6) is 0.664. The number of hydrogen-bond acceptors (Lipinski definition) is 3. The van der Waals surface area contributed by atoms with Crippen LogP contribution < -0.4 is 10.1 Å². The molecule has 0 aliphatic heterocycles. The van der Waals surface area contributed by atoms with E-state index in [0.29, 0.717) is 12.3 Å². The summed E-state index contributed by atoms with van der Waals surface area (Å²) in [5, 5.41) is 13.1. The number of hydrogen-bond donors (Lipinski definition) is 2. The van der Waals surface area contributed by atoms with Gasteiger partial charge >= 0.3 is 0 Å². The van der Waals surface area contributed by atoms with E-state index in [0.717, 1.165) is 11.3 Å². The summed E-state index contributed by atoms with van der Waals surface area (Å²) in [5.41, 5.74) is 4.64. The molecule has 0 spiro atoms. The van der Waals surface area contributed by atoms with E-state index in [-0.39, 0.29) is 5.75 Å². The van der Waals surface area contributed by atoms with Crippen molar-refractivity contribution in [3.8, 4) is 11.5 Å². The van der Waals surface area contributed by atoms with E-state index >= 15 is 0 Å². The first-order valence-corrected chi connectivity index (χ1v) is 6.27. The highest BCUT2D eigenvalue weighted by molar-refractivity contribution is 5.49. The van der Waals surface area contributed by atoms with Crippen LogP contribution in [0.25, 0.3) is 0 Å². The van der Waals surface area contributed by atoms with E-state index in [2.05, 4.69) is 37.4 Å². The number of aromatic hydroxyl groups is 1. The molecule has 2 aromatic carbocycles. The first-order valence-electron chi connectivity index (χ1n) is 6.27. The van der Waals surface area contributed by atoms with Gasteiger partial charge in [0.1, 0.15) is 0 Å². The van der Waals surface area contributed by atoms with Crippen molar-refractivity contribution in [1.82, 2.24) is 0 Å². The number of ether oxygens (including phenoxy) is 1. The Morgan fingerprint density at radius 2 is 1.84 bits per heavy atom. The summed E-state index contributed by atoms with van der Waals surface area (Å²) >= 11 is 0. The smallest absolute Gasteiger partial charge is 0.160 e. The maximum Gasteiger partial charge on any atom is 0.160 e. The molecule has 19 heavy (non-hydrogen) atoms. The minimum absolute atomic E-state index is 0.168. The number of benzene rings is 2. The molecule has 0 atom stereocenters. The average Bonchev–Trinajstić information content (AvgIpc) is 2.40. The van der Waals surface area contributed by atoms with Crippen LogP contribution in [0, 0.1) is 13.8 Å². The van der Waals surface area contributed by atoms with Crippen LogP contribution in [0.3, 0.4) is 0 Å². The van der Waals surface area contributed by atoms with Crippen LogP contribution in [0.15, 0.2) is 36.4 Å². The highest BCUT2D eigenvalue weighted by Gasteiger charge is 2.02. The Balaban J connectivity index is 2.05. The predicted octanol–water partition coefficient (Wildman–Crippen LogP) is 3.63. The molecular formula is C16H19NO2. The predicted molar refractivity (Wildman–Crippen MR) is 77.9 cm³/mol. The van der Waals surface area contributed by atoms with Gasteiger partial charge in [0.2, 0.25) is 0 Å². The summed E-state index contributed by atoms with van der Waals surface area (Å²) in [6.07, 6.45) is 0. The third-order valence-electron chi connectivity index (χ3n) is 3.25. The quantitative estimate of drug-likeness (QED) is 0.878. The fourth-order valence-electron chi connectivity index (χ4n) is 1.90. The van der Waals surface area contributed by atoms with Gasteiger partial charge < -0.3 is 15.2 Å². The minimum atomic E-state index is 0.168. The van der Waals surface area contributed by atoms with Gasteiger partial charge in [-0.05, 0) is 54.8 Å². The lowest BCUT2D eigenvalue weighted by Crippen LogP contribution is -2.00. The number of nitrogens with one attached hydrogen (secondary N) is 1. The Hall–Kier alpha value is -2.16. The van der Waals surface area contributed by atoms with Crippen LogP contribution in [-0.4, -0.2) is 12.2 Å². The number of methoxy groups -OCH3 is 1. The van der Waals surface area contributed by atoms with E-state index in [4.69, 9.17) is 4.74 Å². The van der Waals surface area contributed by atoms with Gasteiger partial charge in [-0.2, -0.15) is 0 Å². The molecule has 0 saturated heterocycles. The summed E-state index contributed by atoms with van der Waals surface area (Å²) < 4.78 is 5.02. The molecule has 0 bridgehead atoms. The number of phenolic OH excluding ortho intramolecular Hbond substituents is 1. The van der Waals surface area contributed by atoms with Crippen LogP contribution in [0.4, 0.5) is 5.69 Å². The van der Waals surface area contributed by atoms with Crippen molar-refractivity contribution in [1.29, 1.82) is 0 Å². The van der Waals surface area contributed by atoms with Gasteiger partial charge in [-0.1, -0.05) is 12.1 Å². The van der Waals surface area contributed by atoms with E-state index in [1.54, 1.807) is 19.2 Å². The Bertz CT molecular complexity index is 579. The van der Waals surface area contributed by atoms with Crippen LogP contribution in [0.1, 0.15) is 16.7 Å². The van der Waals surface area contributed by atoms with E-state index in [1.807, 2.05) is 6.07 Å². The van der Waals surface area contributed by atoms with E-state index < -0.39 is 0 Å². The van der Waals surface area contributed by atoms with Crippen molar-refractivity contribution in [2.24, 2.45) is 0 Å². The van der Waals surface area contributed by atoms with Gasteiger partial charge in [0.25, 0.3) is 0 Å². The van der Waals surface area contributed by atoms with Crippen LogP contribution in [0.5, 0.6) is 11.5 Å². The second kappa shape index (κ2) is 5.65. The van der Waals surface area contributed by atoms with E-state index in [9.17, 15) is 5.11 Å². The molecule has 0 fully saturated rings. The molecule has 3 heteroatoms. The standard InChI is InChI=1S/C16H19NO2/c1-11-4-6-14(8-12(11)2)17-10-13-5-7-16(19-3)15(18)9-13/h4-9,17-18H,10H2,1-3H3. The van der Waals surface area contributed by atoms with Gasteiger partial charge in [0.05, 0.1) is 7.11 Å². The monoisotopic (exact) mass is 257 g/mol. The SMILES string of the molecule is COc1ccc(CNc2ccc(C)c(C)c2)cc1O. The molecule has 0 unspecified atom stereocenters. The zero-order valence-electron chi connectivity index (χ0n) is 11.5. The molecule has 0 aromatic heterocycles. The average molecular weight is 257 g/mol. The molecular weight excluding hydrogens is 238 g/mol. The number of phenols is 1. The number of anilines is 1. The van der Waals surface area contributed by atoms with Crippen molar-refractivity contribution < 1.29 is 9.84 Å². The molecule has 2 N–H and O–H groups in total. The lowest BCUT2D eigenvalue weighted by atomic mass is 10.1. The van der Waals surface area contributed by atoms with Crippen LogP contribution in [0.2, 0.25) is 0 Å². The van der Waals surface area contributed by atoms with Gasteiger partial charge in [-0.3, -0.25) is 0 Å². The largest absolute Gasteiger partial charge is 0.504 e. The topological polar surface area (TPSA) is 41.5 Å². The molecule has 100 valence electrons. The highest BCUT2D eigenvalue weighted by Crippen LogP contribution is 2.26. The lowest BCUT2D eigenvalue weighted by Gasteiger charge is -2.10. The van der Waals surface area contributed by atoms with Crippen molar-refractivity contribution in [2.75, 3.05) is 12.4 Å². The first kappa shape index (κ1) is 13.3. The molecule has 2 rings (SSSR count). The van der Waals surface area contributed by atoms with Gasteiger partial charge in [-0.15, -0.1) is 0 Å². The fraction of sp³-hybridized carbons (Fsp3) is 0.250. The van der Waals surface area contributed by atoms with Crippen LogP contribution >= 0.6 is 0 Å². The zero-order chi connectivity index (χ0) is 13.8. The lowest BCUT2D eigenvalue weighted by molar-refractivity contribution is 0.373. The molecule has 0 heterocycles. The maximum atomic E-state index is 9.72. The van der Waals surface area contributed by atoms with Crippen molar-refractivity contribution in [3.63, 3.8) is 0 Å². The molecule has 0 saturated carbocycles. The summed E-state index contributed by atoms with van der Waals surface area (Å²) in [6, 6.07) is 11.7. The fourth-order valence-corrected chi connectivity index (χ4v) is 1.90. The Morgan fingerprint density at radius 3 is 2.47 bits per heavy atom. The molecule has 0 radical (unpaired) electrons. The van der Waals surface area contributed by atoms with Gasteiger partial charge in [0, 0.05) is 12.2 Å². The van der Waals surface area contributed by atoms with Gasteiger partial charge in [-0.25, -0.2) is 0 Å². The molecule has 0 amide bonds. The zero-order valence-corrected chi connectivity index (χ0v) is 11.5. The number of aryl methyl sites for hydroxylation is 2. The molecule has 0 aliphatic rings. The second-order valence-electron chi connectivity index (χ2n) is 4.66. The third-order valence-corrected chi connectivity index (χ3v) is 3.25. The van der Waals surface area contributed by atoms with Crippen molar-refractivity contribution in [2.45, 2.75) is 20.4 Å². The first-order chi connectivity index (χ1) is 9.10. The Morgan fingerprint density at radius 1 is 1.05 bits per heavy atom. The normalized spacial score (nSPS) is 10.3. The Kier molecular flexibility index (Phi) is 3.95. The summed E-state index contributed by atoms with van der Waals surface area (Å²) in [6.45, 7) is 4.86. The minimum Gasteiger partial charge on any atom is -0.504 e. The molecule has 2 aromatic rings. The highest BCUT2D eigenvalue weighted by atomic mass is 16.5. The van der Waals surface area contributed by atoms with E-state index in [1.165, 1.54) is 11.1 Å². The third kappa shape index (κ3) is 3.19. The number of rotatable bonds is 4.